The summed E-state index contributed by atoms with van der Waals surface area (Å²) in [5.41, 5.74) is 0. The van der Waals surface area contributed by atoms with Gasteiger partial charge in [-0.1, -0.05) is 32.1 Å². The highest BCUT2D eigenvalue weighted by Crippen LogP contribution is 2.25. The Balaban J connectivity index is 1.55. The van der Waals surface area contributed by atoms with Crippen molar-refractivity contribution in [2.24, 2.45) is 5.92 Å². The SMILES string of the molecule is CC(C)N1CCC(NC(=O)NCCC2CCCCC2)CC1. The maximum atomic E-state index is 11.9. The number of amides is 2. The molecule has 1 saturated heterocycles. The van der Waals surface area contributed by atoms with Gasteiger partial charge in [0.2, 0.25) is 0 Å². The Bertz CT molecular complexity index is 305. The highest BCUT2D eigenvalue weighted by molar-refractivity contribution is 5.74. The average molecular weight is 295 g/mol. The van der Waals surface area contributed by atoms with Crippen molar-refractivity contribution in [3.63, 3.8) is 0 Å². The van der Waals surface area contributed by atoms with E-state index in [0.29, 0.717) is 12.1 Å². The van der Waals surface area contributed by atoms with E-state index in [-0.39, 0.29) is 6.03 Å². The predicted octanol–water partition coefficient (Wildman–Crippen LogP) is 3.13. The summed E-state index contributed by atoms with van der Waals surface area (Å²) in [4.78, 5) is 14.4. The molecule has 0 unspecified atom stereocenters. The van der Waals surface area contributed by atoms with E-state index in [2.05, 4.69) is 29.4 Å². The van der Waals surface area contributed by atoms with Gasteiger partial charge in [-0.15, -0.1) is 0 Å². The van der Waals surface area contributed by atoms with E-state index >= 15 is 0 Å². The number of rotatable bonds is 5. The van der Waals surface area contributed by atoms with Crippen LogP contribution < -0.4 is 10.6 Å². The molecule has 0 aromatic carbocycles. The van der Waals surface area contributed by atoms with Gasteiger partial charge in [-0.05, 0) is 39.0 Å². The molecule has 0 bridgehead atoms. The molecule has 1 heterocycles. The highest BCUT2D eigenvalue weighted by Gasteiger charge is 2.22. The monoisotopic (exact) mass is 295 g/mol. The lowest BCUT2D eigenvalue weighted by Crippen LogP contribution is -2.49. The lowest BCUT2D eigenvalue weighted by molar-refractivity contribution is 0.161. The van der Waals surface area contributed by atoms with Gasteiger partial charge in [0, 0.05) is 31.7 Å². The number of nitrogens with zero attached hydrogens (tertiary/aromatic N) is 1. The largest absolute Gasteiger partial charge is 0.338 e. The van der Waals surface area contributed by atoms with E-state index in [9.17, 15) is 4.79 Å². The van der Waals surface area contributed by atoms with E-state index in [1.165, 1.54) is 32.1 Å². The number of piperidine rings is 1. The molecule has 1 aliphatic heterocycles. The van der Waals surface area contributed by atoms with E-state index < -0.39 is 0 Å². The Morgan fingerprint density at radius 1 is 1.10 bits per heavy atom. The molecule has 122 valence electrons. The summed E-state index contributed by atoms with van der Waals surface area (Å²) in [5, 5.41) is 6.19. The minimum Gasteiger partial charge on any atom is -0.338 e. The Morgan fingerprint density at radius 3 is 2.38 bits per heavy atom. The second-order valence-corrected chi connectivity index (χ2v) is 7.10. The van der Waals surface area contributed by atoms with Gasteiger partial charge in [0.15, 0.2) is 0 Å². The topological polar surface area (TPSA) is 44.4 Å². The number of hydrogen-bond donors (Lipinski definition) is 2. The van der Waals surface area contributed by atoms with Gasteiger partial charge in [-0.25, -0.2) is 4.79 Å². The summed E-state index contributed by atoms with van der Waals surface area (Å²) < 4.78 is 0. The molecule has 4 heteroatoms. The standard InChI is InChI=1S/C17H33N3O/c1-14(2)20-12-9-16(10-13-20)19-17(21)18-11-8-15-6-4-3-5-7-15/h14-16H,3-13H2,1-2H3,(H2,18,19,21). The number of nitrogens with one attached hydrogen (secondary N) is 2. The van der Waals surface area contributed by atoms with Gasteiger partial charge in [-0.3, -0.25) is 0 Å². The van der Waals surface area contributed by atoms with Crippen LogP contribution in [-0.2, 0) is 0 Å². The lowest BCUT2D eigenvalue weighted by Gasteiger charge is -2.34. The molecule has 2 fully saturated rings. The molecular weight excluding hydrogens is 262 g/mol. The zero-order chi connectivity index (χ0) is 15.1. The molecule has 0 radical (unpaired) electrons. The molecular formula is C17H33N3O. The first kappa shape index (κ1) is 16.6. The van der Waals surface area contributed by atoms with Crippen LogP contribution in [0.5, 0.6) is 0 Å². The van der Waals surface area contributed by atoms with E-state index in [1.807, 2.05) is 0 Å². The van der Waals surface area contributed by atoms with Crippen molar-refractivity contribution in [1.82, 2.24) is 15.5 Å². The summed E-state index contributed by atoms with van der Waals surface area (Å²) >= 11 is 0. The Labute approximate surface area is 130 Å². The van der Waals surface area contributed by atoms with Crippen LogP contribution in [0.3, 0.4) is 0 Å². The van der Waals surface area contributed by atoms with Crippen molar-refractivity contribution in [2.75, 3.05) is 19.6 Å². The maximum Gasteiger partial charge on any atom is 0.315 e. The fraction of sp³-hybridized carbons (Fsp3) is 0.941. The van der Waals surface area contributed by atoms with Crippen molar-refractivity contribution >= 4 is 6.03 Å². The summed E-state index contributed by atoms with van der Waals surface area (Å²) in [7, 11) is 0. The van der Waals surface area contributed by atoms with Gasteiger partial charge in [-0.2, -0.15) is 0 Å². The van der Waals surface area contributed by atoms with Crippen molar-refractivity contribution in [3.05, 3.63) is 0 Å². The molecule has 2 N–H and O–H groups in total. The number of carbonyl (C=O) groups is 1. The molecule has 1 saturated carbocycles. The minimum absolute atomic E-state index is 0.0359. The quantitative estimate of drug-likeness (QED) is 0.818. The molecule has 0 atom stereocenters. The normalized spacial score (nSPS) is 22.4. The van der Waals surface area contributed by atoms with E-state index in [0.717, 1.165) is 44.8 Å². The Hall–Kier alpha value is -0.770. The summed E-state index contributed by atoms with van der Waals surface area (Å²) in [6.07, 6.45) is 10.2. The summed E-state index contributed by atoms with van der Waals surface area (Å²) in [6.45, 7) is 7.52. The average Bonchev–Trinajstić information content (AvgIpc) is 2.49. The number of hydrogen-bond acceptors (Lipinski definition) is 2. The fourth-order valence-corrected chi connectivity index (χ4v) is 3.66. The highest BCUT2D eigenvalue weighted by atomic mass is 16.2. The van der Waals surface area contributed by atoms with Crippen LogP contribution in [0, 0.1) is 5.92 Å². The molecule has 0 aromatic rings. The van der Waals surface area contributed by atoms with Gasteiger partial charge >= 0.3 is 6.03 Å². The van der Waals surface area contributed by atoms with Gasteiger partial charge in [0.25, 0.3) is 0 Å². The van der Waals surface area contributed by atoms with Gasteiger partial charge < -0.3 is 15.5 Å². The van der Waals surface area contributed by atoms with Crippen LogP contribution in [0.1, 0.15) is 65.2 Å². The minimum atomic E-state index is 0.0359. The second-order valence-electron chi connectivity index (χ2n) is 7.10. The first-order chi connectivity index (χ1) is 10.1. The lowest BCUT2D eigenvalue weighted by atomic mass is 9.87. The van der Waals surface area contributed by atoms with Crippen LogP contribution >= 0.6 is 0 Å². The predicted molar refractivity (Wildman–Crippen MR) is 87.5 cm³/mol. The van der Waals surface area contributed by atoms with Crippen LogP contribution in [0.2, 0.25) is 0 Å². The third-order valence-corrected chi connectivity index (χ3v) is 5.16. The zero-order valence-corrected chi connectivity index (χ0v) is 13.9. The number of likely N-dealkylation sites (tertiary alicyclic amines) is 1. The molecule has 2 amide bonds. The van der Waals surface area contributed by atoms with E-state index in [4.69, 9.17) is 0 Å². The van der Waals surface area contributed by atoms with E-state index in [1.54, 1.807) is 0 Å². The molecule has 0 spiro atoms. The van der Waals surface area contributed by atoms with Crippen LogP contribution in [0.25, 0.3) is 0 Å². The number of carbonyl (C=O) groups excluding carboxylic acids is 1. The molecule has 2 rings (SSSR count). The van der Waals surface area contributed by atoms with Crippen LogP contribution in [-0.4, -0.2) is 42.6 Å². The molecule has 0 aromatic heterocycles. The van der Waals surface area contributed by atoms with Gasteiger partial charge in [0.1, 0.15) is 0 Å². The van der Waals surface area contributed by atoms with Crippen molar-refractivity contribution in [1.29, 1.82) is 0 Å². The third-order valence-electron chi connectivity index (χ3n) is 5.16. The van der Waals surface area contributed by atoms with Crippen LogP contribution in [0.4, 0.5) is 4.79 Å². The molecule has 21 heavy (non-hydrogen) atoms. The Kier molecular flexibility index (Phi) is 6.81. The molecule has 4 nitrogen and oxygen atoms in total. The van der Waals surface area contributed by atoms with Crippen molar-refractivity contribution < 1.29 is 4.79 Å². The first-order valence-electron chi connectivity index (χ1n) is 8.93. The summed E-state index contributed by atoms with van der Waals surface area (Å²) in [6, 6.07) is 1.01. The zero-order valence-electron chi connectivity index (χ0n) is 13.9. The second kappa shape index (κ2) is 8.62. The first-order valence-corrected chi connectivity index (χ1v) is 8.93. The smallest absolute Gasteiger partial charge is 0.315 e. The summed E-state index contributed by atoms with van der Waals surface area (Å²) in [5.74, 6) is 0.841. The maximum absolute atomic E-state index is 11.9. The van der Waals surface area contributed by atoms with Gasteiger partial charge in [0.05, 0.1) is 0 Å². The van der Waals surface area contributed by atoms with Crippen molar-refractivity contribution in [2.45, 2.75) is 77.3 Å². The number of urea groups is 1. The fourth-order valence-electron chi connectivity index (χ4n) is 3.66. The van der Waals surface area contributed by atoms with Crippen molar-refractivity contribution in [3.8, 4) is 0 Å². The molecule has 2 aliphatic rings. The Morgan fingerprint density at radius 2 is 1.76 bits per heavy atom. The van der Waals surface area contributed by atoms with Crippen LogP contribution in [0.15, 0.2) is 0 Å². The third kappa shape index (κ3) is 5.85. The molecule has 1 aliphatic carbocycles.